The van der Waals surface area contributed by atoms with E-state index in [-0.39, 0.29) is 12.0 Å². The lowest BCUT2D eigenvalue weighted by Crippen LogP contribution is -2.51. The van der Waals surface area contributed by atoms with Crippen LogP contribution in [0.25, 0.3) is 0 Å². The lowest BCUT2D eigenvalue weighted by Gasteiger charge is -2.37. The summed E-state index contributed by atoms with van der Waals surface area (Å²) in [5.74, 6) is 0.430. The zero-order valence-electron chi connectivity index (χ0n) is 18.1. The monoisotopic (exact) mass is 410 g/mol. The molecule has 1 aliphatic rings. The fourth-order valence-electron chi connectivity index (χ4n) is 4.00. The van der Waals surface area contributed by atoms with Gasteiger partial charge in [-0.2, -0.15) is 0 Å². The Morgan fingerprint density at radius 3 is 2.47 bits per heavy atom. The van der Waals surface area contributed by atoms with Gasteiger partial charge >= 0.3 is 0 Å². The molecule has 1 heterocycles. The third-order valence-electron chi connectivity index (χ3n) is 5.32. The van der Waals surface area contributed by atoms with Crippen molar-refractivity contribution in [2.45, 2.75) is 32.5 Å². The summed E-state index contributed by atoms with van der Waals surface area (Å²) in [5, 5.41) is 10.5. The number of aliphatic hydroxyl groups is 1. The molecular weight excluding hydrogens is 376 g/mol. The first kappa shape index (κ1) is 22.5. The summed E-state index contributed by atoms with van der Waals surface area (Å²) in [4.78, 5) is 17.2. The van der Waals surface area contributed by atoms with E-state index in [0.29, 0.717) is 44.1 Å². The summed E-state index contributed by atoms with van der Waals surface area (Å²) < 4.78 is 5.99. The minimum Gasteiger partial charge on any atom is -0.391 e. The summed E-state index contributed by atoms with van der Waals surface area (Å²) in [5.41, 5.74) is 1.86. The van der Waals surface area contributed by atoms with Crippen LogP contribution in [0.3, 0.4) is 0 Å². The maximum absolute atomic E-state index is 13.0. The smallest absolute Gasteiger partial charge is 0.253 e. The minimum absolute atomic E-state index is 0.0471. The van der Waals surface area contributed by atoms with E-state index < -0.39 is 6.10 Å². The highest BCUT2D eigenvalue weighted by Crippen LogP contribution is 2.14. The van der Waals surface area contributed by atoms with Crippen LogP contribution in [-0.4, -0.2) is 72.4 Å². The van der Waals surface area contributed by atoms with Gasteiger partial charge in [-0.1, -0.05) is 62.4 Å². The number of nitrogens with zero attached hydrogens (tertiary/aromatic N) is 2. The largest absolute Gasteiger partial charge is 0.391 e. The molecule has 2 aromatic carbocycles. The number of amides is 1. The average molecular weight is 411 g/mol. The van der Waals surface area contributed by atoms with E-state index in [2.05, 4.69) is 18.7 Å². The Morgan fingerprint density at radius 1 is 1.13 bits per heavy atom. The molecule has 3 rings (SSSR count). The van der Waals surface area contributed by atoms with E-state index >= 15 is 0 Å². The van der Waals surface area contributed by atoms with Crippen molar-refractivity contribution in [1.29, 1.82) is 0 Å². The Hall–Kier alpha value is -2.21. The van der Waals surface area contributed by atoms with Gasteiger partial charge < -0.3 is 14.7 Å². The Labute approximate surface area is 180 Å². The molecule has 0 bridgehead atoms. The molecule has 1 amide bonds. The van der Waals surface area contributed by atoms with Gasteiger partial charge in [0.1, 0.15) is 0 Å². The standard InChI is InChI=1S/C25H34N2O3/c1-20(2)16-27(25(29)22-11-7-4-8-12-22)19-24-18-26(13-14-30-24)17-23(28)15-21-9-5-3-6-10-21/h3-12,20,23-24,28H,13-19H2,1-2H3. The Bertz CT molecular complexity index is 766. The number of carbonyl (C=O) groups is 1. The van der Waals surface area contributed by atoms with Crippen molar-refractivity contribution in [3.05, 3.63) is 71.8 Å². The molecule has 30 heavy (non-hydrogen) atoms. The molecule has 2 unspecified atom stereocenters. The van der Waals surface area contributed by atoms with E-state index in [4.69, 9.17) is 4.74 Å². The number of rotatable bonds is 9. The predicted molar refractivity (Wildman–Crippen MR) is 120 cm³/mol. The first-order chi connectivity index (χ1) is 14.5. The molecule has 1 aliphatic heterocycles. The second-order valence-corrected chi connectivity index (χ2v) is 8.57. The third kappa shape index (κ3) is 6.94. The van der Waals surface area contributed by atoms with Gasteiger partial charge in [-0.05, 0) is 30.0 Å². The summed E-state index contributed by atoms with van der Waals surface area (Å²) >= 11 is 0. The van der Waals surface area contributed by atoms with Crippen LogP contribution in [0.4, 0.5) is 0 Å². The van der Waals surface area contributed by atoms with Crippen LogP contribution >= 0.6 is 0 Å². The number of hydrogen-bond donors (Lipinski definition) is 1. The van der Waals surface area contributed by atoms with E-state index in [9.17, 15) is 9.90 Å². The molecular formula is C25H34N2O3. The topological polar surface area (TPSA) is 53.0 Å². The average Bonchev–Trinajstić information content (AvgIpc) is 2.74. The van der Waals surface area contributed by atoms with Crippen LogP contribution in [0.1, 0.15) is 29.8 Å². The number of benzene rings is 2. The van der Waals surface area contributed by atoms with E-state index in [1.54, 1.807) is 0 Å². The minimum atomic E-state index is -0.413. The van der Waals surface area contributed by atoms with Gasteiger partial charge in [0.25, 0.3) is 5.91 Å². The quantitative estimate of drug-likeness (QED) is 0.690. The molecule has 2 aromatic rings. The lowest BCUT2D eigenvalue weighted by molar-refractivity contribution is -0.0510. The van der Waals surface area contributed by atoms with Gasteiger partial charge in [-0.15, -0.1) is 0 Å². The van der Waals surface area contributed by atoms with Crippen LogP contribution in [-0.2, 0) is 11.2 Å². The van der Waals surface area contributed by atoms with E-state index in [0.717, 1.165) is 18.7 Å². The fourth-order valence-corrected chi connectivity index (χ4v) is 4.00. The number of β-amino-alcohol motifs (C(OH)–C–C–N with tert-alkyl or cyclic N) is 1. The molecule has 1 saturated heterocycles. The lowest BCUT2D eigenvalue weighted by atomic mass is 10.1. The summed E-state index contributed by atoms with van der Waals surface area (Å²) in [6, 6.07) is 19.5. The van der Waals surface area contributed by atoms with Crippen molar-refractivity contribution in [3.63, 3.8) is 0 Å². The van der Waals surface area contributed by atoms with Gasteiger partial charge in [-0.25, -0.2) is 0 Å². The molecule has 5 heteroatoms. The Kier molecular flexibility index (Phi) is 8.43. The van der Waals surface area contributed by atoms with Crippen LogP contribution in [0.15, 0.2) is 60.7 Å². The molecule has 0 spiro atoms. The molecule has 0 aromatic heterocycles. The van der Waals surface area contributed by atoms with Crippen LogP contribution in [0.2, 0.25) is 0 Å². The maximum Gasteiger partial charge on any atom is 0.253 e. The highest BCUT2D eigenvalue weighted by Gasteiger charge is 2.27. The molecule has 1 fully saturated rings. The molecule has 162 valence electrons. The SMILES string of the molecule is CC(C)CN(CC1CN(CC(O)Cc2ccccc2)CCO1)C(=O)c1ccccc1. The maximum atomic E-state index is 13.0. The molecule has 0 aliphatic carbocycles. The summed E-state index contributed by atoms with van der Waals surface area (Å²) in [6.45, 7) is 8.28. The predicted octanol–water partition coefficient (Wildman–Crippen LogP) is 3.09. The number of aliphatic hydroxyl groups excluding tert-OH is 1. The highest BCUT2D eigenvalue weighted by atomic mass is 16.5. The zero-order valence-corrected chi connectivity index (χ0v) is 18.1. The summed E-state index contributed by atoms with van der Waals surface area (Å²) in [6.07, 6.45) is 0.187. The van der Waals surface area contributed by atoms with Crippen molar-refractivity contribution in [2.24, 2.45) is 5.92 Å². The highest BCUT2D eigenvalue weighted by molar-refractivity contribution is 5.94. The fraction of sp³-hybridized carbons (Fsp3) is 0.480. The van der Waals surface area contributed by atoms with Crippen LogP contribution in [0, 0.1) is 5.92 Å². The third-order valence-corrected chi connectivity index (χ3v) is 5.32. The number of morpholine rings is 1. The van der Waals surface area contributed by atoms with Crippen molar-refractivity contribution in [3.8, 4) is 0 Å². The van der Waals surface area contributed by atoms with Gasteiger partial charge in [0, 0.05) is 38.3 Å². The van der Waals surface area contributed by atoms with Crippen molar-refractivity contribution < 1.29 is 14.6 Å². The van der Waals surface area contributed by atoms with Crippen molar-refractivity contribution in [2.75, 3.05) is 39.3 Å². The Morgan fingerprint density at radius 2 is 1.80 bits per heavy atom. The zero-order chi connectivity index (χ0) is 21.3. The van der Waals surface area contributed by atoms with Crippen LogP contribution in [0.5, 0.6) is 0 Å². The molecule has 0 radical (unpaired) electrons. The van der Waals surface area contributed by atoms with Gasteiger partial charge in [0.15, 0.2) is 0 Å². The Balaban J connectivity index is 1.56. The number of carbonyl (C=O) groups excluding carboxylic acids is 1. The second kappa shape index (κ2) is 11.3. The van der Waals surface area contributed by atoms with Crippen molar-refractivity contribution in [1.82, 2.24) is 9.80 Å². The molecule has 1 N–H and O–H groups in total. The number of hydrogen-bond acceptors (Lipinski definition) is 4. The number of ether oxygens (including phenoxy) is 1. The molecule has 2 atom stereocenters. The van der Waals surface area contributed by atoms with Crippen LogP contribution < -0.4 is 0 Å². The first-order valence-corrected chi connectivity index (χ1v) is 10.9. The van der Waals surface area contributed by atoms with Gasteiger partial charge in [0.05, 0.1) is 18.8 Å². The van der Waals surface area contributed by atoms with Gasteiger partial charge in [0.2, 0.25) is 0 Å². The first-order valence-electron chi connectivity index (χ1n) is 10.9. The van der Waals surface area contributed by atoms with E-state index in [1.165, 1.54) is 0 Å². The second-order valence-electron chi connectivity index (χ2n) is 8.57. The molecule has 0 saturated carbocycles. The van der Waals surface area contributed by atoms with Crippen molar-refractivity contribution >= 4 is 5.91 Å². The van der Waals surface area contributed by atoms with E-state index in [1.807, 2.05) is 65.6 Å². The molecule has 5 nitrogen and oxygen atoms in total. The van der Waals surface area contributed by atoms with Gasteiger partial charge in [-0.3, -0.25) is 9.69 Å². The summed E-state index contributed by atoms with van der Waals surface area (Å²) in [7, 11) is 0. The normalized spacial score (nSPS) is 18.3.